The van der Waals surface area contributed by atoms with Gasteiger partial charge >= 0.3 is 6.18 Å². The summed E-state index contributed by atoms with van der Waals surface area (Å²) in [5.74, 6) is -1.38. The maximum atomic E-state index is 12.9. The SMILES string of the molecule is Fc1ccc(NCc2ccc(F)cc2C(F)(F)F)cc1. The summed E-state index contributed by atoms with van der Waals surface area (Å²) >= 11 is 0. The minimum atomic E-state index is -4.62. The third-order valence-electron chi connectivity index (χ3n) is 2.70. The van der Waals surface area contributed by atoms with E-state index in [4.69, 9.17) is 0 Å². The van der Waals surface area contributed by atoms with Crippen LogP contribution in [0.1, 0.15) is 11.1 Å². The Kier molecular flexibility index (Phi) is 3.92. The van der Waals surface area contributed by atoms with Crippen LogP contribution in [0.5, 0.6) is 0 Å². The van der Waals surface area contributed by atoms with E-state index in [1.165, 1.54) is 24.3 Å². The lowest BCUT2D eigenvalue weighted by Gasteiger charge is -2.14. The molecule has 2 aromatic carbocycles. The number of hydrogen-bond acceptors (Lipinski definition) is 1. The van der Waals surface area contributed by atoms with Gasteiger partial charge in [0.1, 0.15) is 11.6 Å². The molecule has 0 atom stereocenters. The highest BCUT2D eigenvalue weighted by Gasteiger charge is 2.33. The van der Waals surface area contributed by atoms with Crippen LogP contribution in [0.3, 0.4) is 0 Å². The fraction of sp³-hybridized carbons (Fsp3) is 0.143. The molecule has 0 bridgehead atoms. The molecule has 0 heterocycles. The number of alkyl halides is 3. The molecule has 0 spiro atoms. The quantitative estimate of drug-likeness (QED) is 0.814. The predicted octanol–water partition coefficient (Wildman–Crippen LogP) is 4.60. The number of halogens is 5. The molecular formula is C14H10F5N. The molecule has 0 fully saturated rings. The van der Waals surface area contributed by atoms with Crippen molar-refractivity contribution in [1.29, 1.82) is 0 Å². The summed E-state index contributed by atoms with van der Waals surface area (Å²) in [6.45, 7) is -0.138. The van der Waals surface area contributed by atoms with E-state index in [9.17, 15) is 22.0 Å². The number of nitrogens with one attached hydrogen (secondary N) is 1. The topological polar surface area (TPSA) is 12.0 Å². The fourth-order valence-corrected chi connectivity index (χ4v) is 1.73. The van der Waals surface area contributed by atoms with Gasteiger partial charge in [-0.1, -0.05) is 6.07 Å². The number of hydrogen-bond donors (Lipinski definition) is 1. The zero-order valence-electron chi connectivity index (χ0n) is 10.1. The van der Waals surface area contributed by atoms with Crippen LogP contribution in [0.4, 0.5) is 27.6 Å². The van der Waals surface area contributed by atoms with Crippen LogP contribution in [0.2, 0.25) is 0 Å². The molecule has 0 unspecified atom stereocenters. The van der Waals surface area contributed by atoms with Crippen molar-refractivity contribution in [2.24, 2.45) is 0 Å². The second kappa shape index (κ2) is 5.48. The van der Waals surface area contributed by atoms with Crippen molar-refractivity contribution in [3.05, 3.63) is 65.2 Å². The highest BCUT2D eigenvalue weighted by atomic mass is 19.4. The minimum Gasteiger partial charge on any atom is -0.381 e. The van der Waals surface area contributed by atoms with Crippen LogP contribution in [-0.2, 0) is 12.7 Å². The molecule has 20 heavy (non-hydrogen) atoms. The lowest BCUT2D eigenvalue weighted by Crippen LogP contribution is -2.12. The van der Waals surface area contributed by atoms with Crippen molar-refractivity contribution >= 4 is 5.69 Å². The molecule has 0 aliphatic heterocycles. The Balaban J connectivity index is 2.19. The van der Waals surface area contributed by atoms with Gasteiger partial charge in [-0.2, -0.15) is 13.2 Å². The van der Waals surface area contributed by atoms with Crippen molar-refractivity contribution in [3.8, 4) is 0 Å². The highest BCUT2D eigenvalue weighted by molar-refractivity contribution is 5.44. The zero-order chi connectivity index (χ0) is 14.8. The molecule has 6 heteroatoms. The van der Waals surface area contributed by atoms with Crippen molar-refractivity contribution in [2.75, 3.05) is 5.32 Å². The monoisotopic (exact) mass is 287 g/mol. The largest absolute Gasteiger partial charge is 0.416 e. The van der Waals surface area contributed by atoms with E-state index < -0.39 is 23.4 Å². The predicted molar refractivity (Wildman–Crippen MR) is 65.1 cm³/mol. The Hall–Kier alpha value is -2.11. The van der Waals surface area contributed by atoms with Crippen LogP contribution in [0, 0.1) is 11.6 Å². The van der Waals surface area contributed by atoms with Gasteiger partial charge in [-0.25, -0.2) is 8.78 Å². The lowest BCUT2D eigenvalue weighted by atomic mass is 10.1. The molecule has 0 amide bonds. The van der Waals surface area contributed by atoms with Crippen molar-refractivity contribution in [2.45, 2.75) is 12.7 Å². The van der Waals surface area contributed by atoms with E-state index in [0.717, 1.165) is 12.1 Å². The molecule has 0 saturated heterocycles. The Labute approximate surface area is 112 Å². The van der Waals surface area contributed by atoms with Crippen LogP contribution in [0.25, 0.3) is 0 Å². The lowest BCUT2D eigenvalue weighted by molar-refractivity contribution is -0.138. The van der Waals surface area contributed by atoms with Crippen molar-refractivity contribution in [3.63, 3.8) is 0 Å². The average Bonchev–Trinajstić information content (AvgIpc) is 2.38. The maximum absolute atomic E-state index is 12.9. The van der Waals surface area contributed by atoms with E-state index in [1.54, 1.807) is 0 Å². The summed E-state index contributed by atoms with van der Waals surface area (Å²) in [5, 5.41) is 2.73. The number of benzene rings is 2. The van der Waals surface area contributed by atoms with Crippen molar-refractivity contribution in [1.82, 2.24) is 0 Å². The normalized spacial score (nSPS) is 11.4. The zero-order valence-corrected chi connectivity index (χ0v) is 10.1. The van der Waals surface area contributed by atoms with Gasteiger partial charge in [-0.05, 0) is 42.0 Å². The molecule has 0 aliphatic rings. The van der Waals surface area contributed by atoms with E-state index in [0.29, 0.717) is 11.8 Å². The first-order valence-electron chi connectivity index (χ1n) is 5.71. The van der Waals surface area contributed by atoms with Crippen LogP contribution < -0.4 is 5.32 Å². The van der Waals surface area contributed by atoms with E-state index in [-0.39, 0.29) is 12.1 Å². The van der Waals surface area contributed by atoms with Gasteiger partial charge in [-0.3, -0.25) is 0 Å². The van der Waals surface area contributed by atoms with Gasteiger partial charge in [0, 0.05) is 12.2 Å². The second-order valence-corrected chi connectivity index (χ2v) is 4.16. The summed E-state index contributed by atoms with van der Waals surface area (Å²) in [4.78, 5) is 0. The summed E-state index contributed by atoms with van der Waals surface area (Å²) in [6, 6.07) is 7.71. The van der Waals surface area contributed by atoms with Gasteiger partial charge < -0.3 is 5.32 Å². The molecule has 2 rings (SSSR count). The third-order valence-corrected chi connectivity index (χ3v) is 2.70. The van der Waals surface area contributed by atoms with E-state index in [2.05, 4.69) is 5.32 Å². The maximum Gasteiger partial charge on any atom is 0.416 e. The molecule has 0 aliphatic carbocycles. The Morgan fingerprint density at radius 3 is 2.05 bits per heavy atom. The average molecular weight is 287 g/mol. The molecule has 106 valence electrons. The molecular weight excluding hydrogens is 277 g/mol. The first-order valence-corrected chi connectivity index (χ1v) is 5.71. The number of rotatable bonds is 3. The first kappa shape index (κ1) is 14.3. The Morgan fingerprint density at radius 1 is 0.850 bits per heavy atom. The molecule has 0 saturated carbocycles. The van der Waals surface area contributed by atoms with Crippen molar-refractivity contribution < 1.29 is 22.0 Å². The molecule has 0 radical (unpaired) electrons. The smallest absolute Gasteiger partial charge is 0.381 e. The minimum absolute atomic E-state index is 0.0803. The first-order chi connectivity index (χ1) is 9.36. The van der Waals surface area contributed by atoms with Gasteiger partial charge in [0.2, 0.25) is 0 Å². The van der Waals surface area contributed by atoms with Gasteiger partial charge in [-0.15, -0.1) is 0 Å². The Morgan fingerprint density at radius 2 is 1.45 bits per heavy atom. The van der Waals surface area contributed by atoms with Crippen LogP contribution >= 0.6 is 0 Å². The van der Waals surface area contributed by atoms with Gasteiger partial charge in [0.25, 0.3) is 0 Å². The highest BCUT2D eigenvalue weighted by Crippen LogP contribution is 2.32. The van der Waals surface area contributed by atoms with E-state index >= 15 is 0 Å². The van der Waals surface area contributed by atoms with E-state index in [1.807, 2.05) is 0 Å². The molecule has 1 N–H and O–H groups in total. The van der Waals surface area contributed by atoms with Gasteiger partial charge in [0.15, 0.2) is 0 Å². The second-order valence-electron chi connectivity index (χ2n) is 4.16. The Bertz CT molecular complexity index is 590. The van der Waals surface area contributed by atoms with Crippen LogP contribution in [0.15, 0.2) is 42.5 Å². The molecule has 0 aromatic heterocycles. The van der Waals surface area contributed by atoms with Crippen LogP contribution in [-0.4, -0.2) is 0 Å². The van der Waals surface area contributed by atoms with Gasteiger partial charge in [0.05, 0.1) is 5.56 Å². The summed E-state index contributed by atoms with van der Waals surface area (Å²) < 4.78 is 63.9. The summed E-state index contributed by atoms with van der Waals surface area (Å²) in [5.41, 5.74) is -0.626. The molecule has 2 aromatic rings. The standard InChI is InChI=1S/C14H10F5N/c15-10-3-5-12(6-4-10)20-8-9-1-2-11(16)7-13(9)14(17,18)19/h1-7,20H,8H2. The third kappa shape index (κ3) is 3.46. The molecule has 1 nitrogen and oxygen atoms in total. The summed E-state index contributed by atoms with van der Waals surface area (Å²) in [6.07, 6.45) is -4.62. The fourth-order valence-electron chi connectivity index (χ4n) is 1.73. The summed E-state index contributed by atoms with van der Waals surface area (Å²) in [7, 11) is 0. The number of anilines is 1.